The van der Waals surface area contributed by atoms with Crippen LogP contribution >= 0.6 is 23.2 Å². The maximum absolute atomic E-state index is 13.3. The number of likely N-dealkylation sites (tertiary alicyclic amines) is 1. The highest BCUT2D eigenvalue weighted by Crippen LogP contribution is 2.39. The van der Waals surface area contributed by atoms with Crippen molar-refractivity contribution in [2.24, 2.45) is 5.92 Å². The second kappa shape index (κ2) is 9.16. The van der Waals surface area contributed by atoms with Crippen LogP contribution in [-0.2, 0) is 24.2 Å². The van der Waals surface area contributed by atoms with Crippen LogP contribution in [0, 0.1) is 5.92 Å². The van der Waals surface area contributed by atoms with Crippen molar-refractivity contribution in [3.8, 4) is 5.75 Å². The van der Waals surface area contributed by atoms with Gasteiger partial charge in [0.2, 0.25) is 5.91 Å². The number of fused-ring (bicyclic) bond motifs is 1. The van der Waals surface area contributed by atoms with E-state index in [1.165, 1.54) is 5.56 Å². The van der Waals surface area contributed by atoms with Crippen LogP contribution in [0.5, 0.6) is 5.75 Å². The van der Waals surface area contributed by atoms with E-state index in [4.69, 9.17) is 27.9 Å². The summed E-state index contributed by atoms with van der Waals surface area (Å²) in [5, 5.41) is 8.36. The number of aromatic amines is 1. The Kier molecular flexibility index (Phi) is 6.11. The molecule has 2 heterocycles. The van der Waals surface area contributed by atoms with Gasteiger partial charge in [-0.1, -0.05) is 53.5 Å². The van der Waals surface area contributed by atoms with Gasteiger partial charge in [0.25, 0.3) is 0 Å². The third-order valence-electron chi connectivity index (χ3n) is 6.56. The number of aromatic nitrogens is 2. The molecule has 0 bridgehead atoms. The standard InChI is InChI=1S/C25H25Cl2N3O2/c26-21-12-18(32-15-16-5-2-1-3-6-16)13-22(27)19(21)11-17-9-10-30(25(17)31)24-8-4-7-23-20(24)14-28-29-23/h1-3,5-6,12-14,17,24H,4,7-11,15H2,(H,28,29)/t17?,24-/m1/s1. The lowest BCUT2D eigenvalue weighted by molar-refractivity contribution is -0.133. The topological polar surface area (TPSA) is 58.2 Å². The molecule has 0 saturated carbocycles. The lowest BCUT2D eigenvalue weighted by Crippen LogP contribution is -2.34. The minimum atomic E-state index is -0.113. The van der Waals surface area contributed by atoms with Crippen molar-refractivity contribution in [1.82, 2.24) is 15.1 Å². The quantitative estimate of drug-likeness (QED) is 0.498. The van der Waals surface area contributed by atoms with E-state index in [2.05, 4.69) is 10.2 Å². The van der Waals surface area contributed by atoms with Crippen LogP contribution in [0.2, 0.25) is 10.0 Å². The summed E-state index contributed by atoms with van der Waals surface area (Å²) in [6.07, 6.45) is 6.28. The fourth-order valence-corrected chi connectivity index (χ4v) is 5.49. The Morgan fingerprint density at radius 1 is 1.12 bits per heavy atom. The van der Waals surface area contributed by atoms with Crippen molar-refractivity contribution in [1.29, 1.82) is 0 Å². The third-order valence-corrected chi connectivity index (χ3v) is 7.23. The monoisotopic (exact) mass is 469 g/mol. The number of nitrogens with one attached hydrogen (secondary N) is 1. The van der Waals surface area contributed by atoms with Gasteiger partial charge in [-0.15, -0.1) is 0 Å². The van der Waals surface area contributed by atoms with Gasteiger partial charge in [-0.2, -0.15) is 5.10 Å². The molecule has 7 heteroatoms. The largest absolute Gasteiger partial charge is 0.489 e. The molecule has 1 fully saturated rings. The van der Waals surface area contributed by atoms with Gasteiger partial charge in [-0.3, -0.25) is 9.89 Å². The van der Waals surface area contributed by atoms with E-state index in [0.29, 0.717) is 28.8 Å². The fraction of sp³-hybridized carbons (Fsp3) is 0.360. The van der Waals surface area contributed by atoms with Gasteiger partial charge in [0.1, 0.15) is 12.4 Å². The van der Waals surface area contributed by atoms with Crippen LogP contribution in [0.4, 0.5) is 0 Å². The van der Waals surface area contributed by atoms with E-state index in [1.807, 2.05) is 41.4 Å². The Bertz CT molecular complexity index is 1090. The average Bonchev–Trinajstić information content (AvgIpc) is 3.42. The first kappa shape index (κ1) is 21.4. The predicted octanol–water partition coefficient (Wildman–Crippen LogP) is 5.76. The number of rotatable bonds is 6. The zero-order chi connectivity index (χ0) is 22.1. The number of nitrogens with zero attached hydrogens (tertiary/aromatic N) is 2. The lowest BCUT2D eigenvalue weighted by atomic mass is 9.92. The summed E-state index contributed by atoms with van der Waals surface area (Å²) in [6.45, 7) is 1.20. The van der Waals surface area contributed by atoms with Gasteiger partial charge >= 0.3 is 0 Å². The molecule has 2 aromatic carbocycles. The van der Waals surface area contributed by atoms with Crippen LogP contribution in [0.15, 0.2) is 48.7 Å². The zero-order valence-electron chi connectivity index (χ0n) is 17.7. The molecular weight excluding hydrogens is 445 g/mol. The van der Waals surface area contributed by atoms with Crippen molar-refractivity contribution in [2.45, 2.75) is 44.8 Å². The number of hydrogen-bond acceptors (Lipinski definition) is 3. The van der Waals surface area contributed by atoms with Gasteiger partial charge in [-0.05, 0) is 55.4 Å². The van der Waals surface area contributed by atoms with Gasteiger partial charge in [0.05, 0.1) is 12.2 Å². The van der Waals surface area contributed by atoms with E-state index in [1.54, 1.807) is 12.1 Å². The van der Waals surface area contributed by atoms with Gasteiger partial charge in [-0.25, -0.2) is 0 Å². The molecule has 1 amide bonds. The summed E-state index contributed by atoms with van der Waals surface area (Å²) in [4.78, 5) is 15.3. The smallest absolute Gasteiger partial charge is 0.226 e. The molecule has 1 aliphatic carbocycles. The Morgan fingerprint density at radius 3 is 2.69 bits per heavy atom. The normalized spacial score (nSPS) is 20.4. The number of benzene rings is 2. The van der Waals surface area contributed by atoms with Gasteiger partial charge in [0.15, 0.2) is 0 Å². The molecule has 1 aliphatic heterocycles. The van der Waals surface area contributed by atoms with Crippen molar-refractivity contribution in [3.63, 3.8) is 0 Å². The second-order valence-electron chi connectivity index (χ2n) is 8.57. The van der Waals surface area contributed by atoms with Gasteiger partial charge < -0.3 is 9.64 Å². The molecule has 0 radical (unpaired) electrons. The number of hydrogen-bond donors (Lipinski definition) is 1. The number of H-pyrrole nitrogens is 1. The van der Waals surface area contributed by atoms with Crippen LogP contribution in [-0.4, -0.2) is 27.5 Å². The fourth-order valence-electron chi connectivity index (χ4n) is 4.87. The average molecular weight is 470 g/mol. The maximum Gasteiger partial charge on any atom is 0.226 e. The first-order chi connectivity index (χ1) is 15.6. The van der Waals surface area contributed by atoms with Crippen molar-refractivity contribution in [3.05, 3.63) is 81.1 Å². The molecule has 0 spiro atoms. The van der Waals surface area contributed by atoms with Crippen molar-refractivity contribution < 1.29 is 9.53 Å². The molecule has 5 rings (SSSR count). The summed E-state index contributed by atoms with van der Waals surface area (Å²) in [5.41, 5.74) is 4.22. The minimum Gasteiger partial charge on any atom is -0.489 e. The third kappa shape index (κ3) is 4.24. The lowest BCUT2D eigenvalue weighted by Gasteiger charge is -2.31. The first-order valence-electron chi connectivity index (χ1n) is 11.1. The summed E-state index contributed by atoms with van der Waals surface area (Å²) in [6, 6.07) is 13.6. The number of halogens is 2. The highest BCUT2D eigenvalue weighted by atomic mass is 35.5. The highest BCUT2D eigenvalue weighted by molar-refractivity contribution is 6.36. The van der Waals surface area contributed by atoms with E-state index in [-0.39, 0.29) is 17.9 Å². The summed E-state index contributed by atoms with van der Waals surface area (Å²) >= 11 is 13.2. The molecule has 3 aromatic rings. The van der Waals surface area contributed by atoms with E-state index >= 15 is 0 Å². The highest BCUT2D eigenvalue weighted by Gasteiger charge is 2.39. The molecule has 5 nitrogen and oxygen atoms in total. The molecular formula is C25H25Cl2N3O2. The van der Waals surface area contributed by atoms with Crippen LogP contribution in [0.1, 0.15) is 47.7 Å². The Hall–Kier alpha value is -2.50. The number of aryl methyl sites for hydroxylation is 1. The SMILES string of the molecule is O=C1C(Cc2c(Cl)cc(OCc3ccccc3)cc2Cl)CCN1[C@@H]1CCCc2[nH]ncc21. The minimum absolute atomic E-state index is 0.113. The number of carbonyl (C=O) groups excluding carboxylic acids is 1. The second-order valence-corrected chi connectivity index (χ2v) is 9.39. The molecule has 2 atom stereocenters. The van der Waals surface area contributed by atoms with Crippen LogP contribution in [0.3, 0.4) is 0 Å². The molecule has 2 aliphatic rings. The van der Waals surface area contributed by atoms with E-state index in [0.717, 1.165) is 49.0 Å². The Balaban J connectivity index is 1.27. The van der Waals surface area contributed by atoms with Crippen LogP contribution in [0.25, 0.3) is 0 Å². The van der Waals surface area contributed by atoms with E-state index in [9.17, 15) is 4.79 Å². The summed E-state index contributed by atoms with van der Waals surface area (Å²) in [7, 11) is 0. The van der Waals surface area contributed by atoms with Crippen molar-refractivity contribution in [2.75, 3.05) is 6.54 Å². The predicted molar refractivity (Wildman–Crippen MR) is 125 cm³/mol. The molecule has 166 valence electrons. The Morgan fingerprint density at radius 2 is 1.91 bits per heavy atom. The molecule has 1 aromatic heterocycles. The Labute approximate surface area is 197 Å². The molecule has 32 heavy (non-hydrogen) atoms. The molecule has 1 N–H and O–H groups in total. The molecule has 1 saturated heterocycles. The molecule has 1 unspecified atom stereocenters. The maximum atomic E-state index is 13.3. The first-order valence-corrected chi connectivity index (χ1v) is 11.8. The van der Waals surface area contributed by atoms with Crippen LogP contribution < -0.4 is 4.74 Å². The zero-order valence-corrected chi connectivity index (χ0v) is 19.2. The van der Waals surface area contributed by atoms with Crippen molar-refractivity contribution >= 4 is 29.1 Å². The number of amides is 1. The van der Waals surface area contributed by atoms with Gasteiger partial charge in [0, 0.05) is 33.8 Å². The summed E-state index contributed by atoms with van der Waals surface area (Å²) < 4.78 is 5.87. The number of carbonyl (C=O) groups is 1. The summed E-state index contributed by atoms with van der Waals surface area (Å²) in [5.74, 6) is 0.695. The van der Waals surface area contributed by atoms with E-state index < -0.39 is 0 Å². The number of ether oxygens (including phenoxy) is 1.